The van der Waals surface area contributed by atoms with E-state index in [0.29, 0.717) is 30.9 Å². The molecule has 142 valence electrons. The minimum atomic E-state index is -0.354. The van der Waals surface area contributed by atoms with Gasteiger partial charge in [-0.25, -0.2) is 0 Å². The number of methoxy groups -OCH3 is 2. The highest BCUT2D eigenvalue weighted by Crippen LogP contribution is 2.32. The lowest BCUT2D eigenvalue weighted by Crippen LogP contribution is -2.34. The Balaban J connectivity index is 1.56. The van der Waals surface area contributed by atoms with Crippen molar-refractivity contribution in [3.63, 3.8) is 0 Å². The van der Waals surface area contributed by atoms with Crippen molar-refractivity contribution in [1.29, 1.82) is 0 Å². The smallest absolute Gasteiger partial charge is 0.227 e. The Bertz CT molecular complexity index is 821. The number of hydrogen-bond donors (Lipinski definition) is 1. The third-order valence-electron chi connectivity index (χ3n) is 4.72. The fourth-order valence-electron chi connectivity index (χ4n) is 3.27. The van der Waals surface area contributed by atoms with Gasteiger partial charge < -0.3 is 19.7 Å². The van der Waals surface area contributed by atoms with Crippen molar-refractivity contribution in [2.24, 2.45) is 5.92 Å². The second kappa shape index (κ2) is 8.58. The Kier molecular flexibility index (Phi) is 5.96. The molecule has 27 heavy (non-hydrogen) atoms. The maximum absolute atomic E-state index is 12.5. The van der Waals surface area contributed by atoms with E-state index in [-0.39, 0.29) is 24.2 Å². The summed E-state index contributed by atoms with van der Waals surface area (Å²) in [5.41, 5.74) is 1.80. The van der Waals surface area contributed by atoms with E-state index >= 15 is 0 Å². The number of amides is 2. The lowest BCUT2D eigenvalue weighted by molar-refractivity contribution is -0.126. The van der Waals surface area contributed by atoms with E-state index in [1.807, 2.05) is 48.5 Å². The molecule has 1 aliphatic heterocycles. The van der Waals surface area contributed by atoms with E-state index in [0.717, 1.165) is 11.3 Å². The molecule has 0 aromatic heterocycles. The number of hydrogen-bond acceptors (Lipinski definition) is 4. The number of carbonyl (C=O) groups excluding carboxylic acids is 2. The van der Waals surface area contributed by atoms with Crippen LogP contribution in [0.25, 0.3) is 0 Å². The SMILES string of the molecule is COc1cccc(CCNC(=O)C2CC(=O)N(c3ccccc3OC)C2)c1. The normalized spacial score (nSPS) is 16.3. The molecule has 6 nitrogen and oxygen atoms in total. The summed E-state index contributed by atoms with van der Waals surface area (Å²) in [7, 11) is 3.20. The molecule has 0 spiro atoms. The summed E-state index contributed by atoms with van der Waals surface area (Å²) in [5, 5.41) is 2.94. The van der Waals surface area contributed by atoms with Crippen molar-refractivity contribution in [1.82, 2.24) is 5.32 Å². The predicted molar refractivity (Wildman–Crippen MR) is 103 cm³/mol. The van der Waals surface area contributed by atoms with Gasteiger partial charge in [-0.15, -0.1) is 0 Å². The monoisotopic (exact) mass is 368 g/mol. The topological polar surface area (TPSA) is 67.9 Å². The summed E-state index contributed by atoms with van der Waals surface area (Å²) in [6.45, 7) is 0.884. The first-order valence-corrected chi connectivity index (χ1v) is 8.96. The van der Waals surface area contributed by atoms with Crippen LogP contribution in [0.15, 0.2) is 48.5 Å². The summed E-state index contributed by atoms with van der Waals surface area (Å²) in [6, 6.07) is 15.1. The van der Waals surface area contributed by atoms with Crippen LogP contribution < -0.4 is 19.7 Å². The Morgan fingerprint density at radius 1 is 1.15 bits per heavy atom. The van der Waals surface area contributed by atoms with E-state index in [2.05, 4.69) is 5.32 Å². The second-order valence-corrected chi connectivity index (χ2v) is 6.47. The van der Waals surface area contributed by atoms with Gasteiger partial charge in [-0.1, -0.05) is 24.3 Å². The van der Waals surface area contributed by atoms with Crippen LogP contribution in [0, 0.1) is 5.92 Å². The van der Waals surface area contributed by atoms with Crippen molar-refractivity contribution in [3.8, 4) is 11.5 Å². The number of benzene rings is 2. The van der Waals surface area contributed by atoms with Crippen LogP contribution in [0.3, 0.4) is 0 Å². The van der Waals surface area contributed by atoms with Gasteiger partial charge in [-0.3, -0.25) is 9.59 Å². The van der Waals surface area contributed by atoms with Gasteiger partial charge in [0, 0.05) is 19.5 Å². The van der Waals surface area contributed by atoms with Gasteiger partial charge in [0.2, 0.25) is 11.8 Å². The molecule has 0 radical (unpaired) electrons. The molecule has 1 N–H and O–H groups in total. The third-order valence-corrected chi connectivity index (χ3v) is 4.72. The van der Waals surface area contributed by atoms with E-state index < -0.39 is 0 Å². The van der Waals surface area contributed by atoms with Crippen molar-refractivity contribution in [3.05, 3.63) is 54.1 Å². The number of nitrogens with zero attached hydrogens (tertiary/aromatic N) is 1. The molecule has 2 aromatic carbocycles. The van der Waals surface area contributed by atoms with Crippen LogP contribution in [0.4, 0.5) is 5.69 Å². The van der Waals surface area contributed by atoms with Crippen LogP contribution in [0.2, 0.25) is 0 Å². The number of para-hydroxylation sites is 2. The maximum Gasteiger partial charge on any atom is 0.227 e. The van der Waals surface area contributed by atoms with Gasteiger partial charge in [0.25, 0.3) is 0 Å². The molecule has 2 amide bonds. The molecular weight excluding hydrogens is 344 g/mol. The van der Waals surface area contributed by atoms with Crippen molar-refractivity contribution >= 4 is 17.5 Å². The van der Waals surface area contributed by atoms with Gasteiger partial charge >= 0.3 is 0 Å². The average Bonchev–Trinajstić information content (AvgIpc) is 3.09. The Morgan fingerprint density at radius 2 is 1.96 bits per heavy atom. The summed E-state index contributed by atoms with van der Waals surface area (Å²) in [6.07, 6.45) is 0.920. The fourth-order valence-corrected chi connectivity index (χ4v) is 3.27. The van der Waals surface area contributed by atoms with Crippen LogP contribution in [0.1, 0.15) is 12.0 Å². The molecule has 0 bridgehead atoms. The first kappa shape index (κ1) is 18.8. The number of ether oxygens (including phenoxy) is 2. The fraction of sp³-hybridized carbons (Fsp3) is 0.333. The minimum absolute atomic E-state index is 0.0626. The molecule has 1 aliphatic rings. The van der Waals surface area contributed by atoms with E-state index in [9.17, 15) is 9.59 Å². The zero-order valence-corrected chi connectivity index (χ0v) is 15.6. The lowest BCUT2D eigenvalue weighted by atomic mass is 10.1. The highest BCUT2D eigenvalue weighted by Gasteiger charge is 2.36. The zero-order valence-electron chi connectivity index (χ0n) is 15.6. The third kappa shape index (κ3) is 4.39. The molecule has 1 unspecified atom stereocenters. The average molecular weight is 368 g/mol. The van der Waals surface area contributed by atoms with E-state index in [1.165, 1.54) is 0 Å². The van der Waals surface area contributed by atoms with E-state index in [4.69, 9.17) is 9.47 Å². The molecule has 2 aromatic rings. The lowest BCUT2D eigenvalue weighted by Gasteiger charge is -2.19. The highest BCUT2D eigenvalue weighted by molar-refractivity contribution is 6.01. The van der Waals surface area contributed by atoms with Gasteiger partial charge in [0.15, 0.2) is 0 Å². The maximum atomic E-state index is 12.5. The Morgan fingerprint density at radius 3 is 2.74 bits per heavy atom. The van der Waals surface area contributed by atoms with E-state index in [1.54, 1.807) is 19.1 Å². The molecule has 6 heteroatoms. The molecule has 1 atom stereocenters. The number of nitrogens with one attached hydrogen (secondary N) is 1. The van der Waals surface area contributed by atoms with Crippen molar-refractivity contribution in [2.75, 3.05) is 32.2 Å². The molecule has 0 aliphatic carbocycles. The highest BCUT2D eigenvalue weighted by atomic mass is 16.5. The van der Waals surface area contributed by atoms with Crippen molar-refractivity contribution < 1.29 is 19.1 Å². The van der Waals surface area contributed by atoms with Crippen LogP contribution in [-0.4, -0.2) is 39.1 Å². The number of carbonyl (C=O) groups is 2. The second-order valence-electron chi connectivity index (χ2n) is 6.47. The van der Waals surface area contributed by atoms with Gasteiger partial charge in [0.1, 0.15) is 11.5 Å². The summed E-state index contributed by atoms with van der Waals surface area (Å²) in [5.74, 6) is 0.918. The number of anilines is 1. The zero-order chi connectivity index (χ0) is 19.2. The van der Waals surface area contributed by atoms with Gasteiger partial charge in [-0.05, 0) is 36.2 Å². The predicted octanol–water partition coefficient (Wildman–Crippen LogP) is 2.42. The summed E-state index contributed by atoms with van der Waals surface area (Å²) >= 11 is 0. The van der Waals surface area contributed by atoms with Crippen LogP contribution >= 0.6 is 0 Å². The summed E-state index contributed by atoms with van der Waals surface area (Å²) in [4.78, 5) is 26.5. The largest absolute Gasteiger partial charge is 0.497 e. The van der Waals surface area contributed by atoms with Crippen LogP contribution in [-0.2, 0) is 16.0 Å². The standard InChI is InChI=1S/C21H24N2O4/c1-26-17-7-5-6-15(12-17)10-11-22-21(25)16-13-20(24)23(14-16)18-8-3-4-9-19(18)27-2/h3-9,12,16H,10-11,13-14H2,1-2H3,(H,22,25). The molecule has 1 heterocycles. The Labute approximate surface area is 159 Å². The molecule has 0 saturated carbocycles. The first-order chi connectivity index (χ1) is 13.1. The molecule has 1 saturated heterocycles. The minimum Gasteiger partial charge on any atom is -0.497 e. The Hall–Kier alpha value is -3.02. The first-order valence-electron chi connectivity index (χ1n) is 8.96. The molecule has 3 rings (SSSR count). The molecular formula is C21H24N2O4. The van der Waals surface area contributed by atoms with Crippen LogP contribution in [0.5, 0.6) is 11.5 Å². The van der Waals surface area contributed by atoms with Crippen molar-refractivity contribution in [2.45, 2.75) is 12.8 Å². The van der Waals surface area contributed by atoms with Gasteiger partial charge in [0.05, 0.1) is 25.8 Å². The number of rotatable bonds is 7. The quantitative estimate of drug-likeness (QED) is 0.815. The van der Waals surface area contributed by atoms with Gasteiger partial charge in [-0.2, -0.15) is 0 Å². The summed E-state index contributed by atoms with van der Waals surface area (Å²) < 4.78 is 10.5. The molecule has 1 fully saturated rings.